The van der Waals surface area contributed by atoms with E-state index in [4.69, 9.17) is 11.6 Å². The molecule has 0 fully saturated rings. The van der Waals surface area contributed by atoms with Gasteiger partial charge in [-0.15, -0.1) is 0 Å². The third-order valence-corrected chi connectivity index (χ3v) is 2.20. The van der Waals surface area contributed by atoms with Crippen molar-refractivity contribution in [1.29, 1.82) is 0 Å². The lowest BCUT2D eigenvalue weighted by Crippen LogP contribution is -2.36. The number of hydrogen-bond donors (Lipinski definition) is 0. The Hall–Kier alpha value is -0.680. The van der Waals surface area contributed by atoms with Crippen LogP contribution in [-0.2, 0) is 11.8 Å². The van der Waals surface area contributed by atoms with Crippen molar-refractivity contribution < 1.29 is 14.2 Å². The lowest BCUT2D eigenvalue weighted by molar-refractivity contribution is -0.725. The quantitative estimate of drug-likeness (QED) is 0.479. The van der Waals surface area contributed by atoms with E-state index in [1.54, 1.807) is 7.05 Å². The van der Waals surface area contributed by atoms with Crippen LogP contribution in [-0.4, -0.2) is 17.6 Å². The van der Waals surface area contributed by atoms with Crippen molar-refractivity contribution in [2.45, 2.75) is 0 Å². The largest absolute Gasteiger partial charge is 0.461 e. The SMILES string of the molecule is COC(=O)c1c(Cl)sn[n+]1C. The molecule has 0 saturated carbocycles. The number of aromatic nitrogens is 2. The molecule has 0 N–H and O–H groups in total. The van der Waals surface area contributed by atoms with Gasteiger partial charge in [-0.3, -0.25) is 0 Å². The molecule has 0 amide bonds. The Morgan fingerprint density at radius 3 is 2.82 bits per heavy atom. The van der Waals surface area contributed by atoms with Crippen LogP contribution in [0.5, 0.6) is 0 Å². The summed E-state index contributed by atoms with van der Waals surface area (Å²) in [7, 11) is 2.94. The summed E-state index contributed by atoms with van der Waals surface area (Å²) in [5.74, 6) is -0.466. The summed E-state index contributed by atoms with van der Waals surface area (Å²) in [5.41, 5.74) is 0.291. The van der Waals surface area contributed by atoms with E-state index in [9.17, 15) is 4.79 Å². The average molecular weight is 194 g/mol. The van der Waals surface area contributed by atoms with Crippen molar-refractivity contribution in [2.24, 2.45) is 7.05 Å². The summed E-state index contributed by atoms with van der Waals surface area (Å²) in [6.07, 6.45) is 0. The van der Waals surface area contributed by atoms with Crippen LogP contribution in [0, 0.1) is 0 Å². The standard InChI is InChI=1S/C5H6ClN2O2S/c1-8-3(5(9)10-2)4(6)11-7-8/h1-2H3/q+1. The molecule has 6 heteroatoms. The molecule has 1 heterocycles. The molecule has 0 atom stereocenters. The molecule has 60 valence electrons. The van der Waals surface area contributed by atoms with Gasteiger partial charge in [0, 0.05) is 0 Å². The minimum absolute atomic E-state index is 0.291. The van der Waals surface area contributed by atoms with Gasteiger partial charge in [0.25, 0.3) is 0 Å². The molecule has 4 nitrogen and oxygen atoms in total. The molecule has 0 spiro atoms. The van der Waals surface area contributed by atoms with E-state index in [0.29, 0.717) is 10.0 Å². The van der Waals surface area contributed by atoms with Crippen LogP contribution < -0.4 is 4.68 Å². The Balaban J connectivity index is 3.10. The summed E-state index contributed by atoms with van der Waals surface area (Å²) in [5, 5.41) is 0. The topological polar surface area (TPSA) is 43.1 Å². The number of rotatable bonds is 1. The van der Waals surface area contributed by atoms with Crippen molar-refractivity contribution >= 4 is 29.1 Å². The molecule has 11 heavy (non-hydrogen) atoms. The molecule has 0 aliphatic heterocycles. The van der Waals surface area contributed by atoms with E-state index >= 15 is 0 Å². The van der Waals surface area contributed by atoms with Crippen LogP contribution in [0.3, 0.4) is 0 Å². The third kappa shape index (κ3) is 1.49. The lowest BCUT2D eigenvalue weighted by Gasteiger charge is -1.89. The zero-order chi connectivity index (χ0) is 8.43. The molecule has 0 unspecified atom stereocenters. The van der Waals surface area contributed by atoms with Gasteiger partial charge in [-0.1, -0.05) is 16.3 Å². The smallest absolute Gasteiger partial charge is 0.408 e. The van der Waals surface area contributed by atoms with E-state index < -0.39 is 5.97 Å². The van der Waals surface area contributed by atoms with E-state index in [-0.39, 0.29) is 0 Å². The lowest BCUT2D eigenvalue weighted by atomic mass is 10.5. The number of ether oxygens (including phenoxy) is 1. The summed E-state index contributed by atoms with van der Waals surface area (Å²) < 4.78 is 10.0. The molecule has 0 aliphatic rings. The Kier molecular flexibility index (Phi) is 2.41. The van der Waals surface area contributed by atoms with Crippen LogP contribution in [0.1, 0.15) is 10.5 Å². The fourth-order valence-electron chi connectivity index (χ4n) is 0.617. The molecule has 0 bridgehead atoms. The first-order valence-electron chi connectivity index (χ1n) is 2.76. The highest BCUT2D eigenvalue weighted by molar-refractivity contribution is 7.10. The highest BCUT2D eigenvalue weighted by Crippen LogP contribution is 2.15. The molecule has 1 aromatic rings. The molecule has 0 aromatic carbocycles. The van der Waals surface area contributed by atoms with Gasteiger partial charge in [0.1, 0.15) is 0 Å². The number of halogens is 1. The number of methoxy groups -OCH3 is 1. The zero-order valence-electron chi connectivity index (χ0n) is 6.00. The molecular weight excluding hydrogens is 188 g/mol. The predicted molar refractivity (Wildman–Crippen MR) is 39.6 cm³/mol. The van der Waals surface area contributed by atoms with Crippen molar-refractivity contribution in [3.63, 3.8) is 0 Å². The van der Waals surface area contributed by atoms with E-state index in [1.165, 1.54) is 11.8 Å². The first-order valence-corrected chi connectivity index (χ1v) is 3.91. The van der Waals surface area contributed by atoms with Crippen molar-refractivity contribution in [3.8, 4) is 0 Å². The molecule has 0 saturated heterocycles. The Labute approximate surface area is 72.5 Å². The minimum atomic E-state index is -0.466. The van der Waals surface area contributed by atoms with Crippen molar-refractivity contribution in [2.75, 3.05) is 7.11 Å². The molecule has 1 aromatic heterocycles. The monoisotopic (exact) mass is 193 g/mol. The van der Waals surface area contributed by atoms with E-state index in [0.717, 1.165) is 11.5 Å². The third-order valence-electron chi connectivity index (χ3n) is 1.13. The van der Waals surface area contributed by atoms with Gasteiger partial charge < -0.3 is 4.74 Å². The van der Waals surface area contributed by atoms with Gasteiger partial charge in [-0.25, -0.2) is 4.79 Å². The second kappa shape index (κ2) is 3.15. The fourth-order valence-corrected chi connectivity index (χ4v) is 1.49. The zero-order valence-corrected chi connectivity index (χ0v) is 7.57. The van der Waals surface area contributed by atoms with Gasteiger partial charge >= 0.3 is 11.7 Å². The van der Waals surface area contributed by atoms with E-state index in [2.05, 4.69) is 9.23 Å². The molecule has 1 rings (SSSR count). The van der Waals surface area contributed by atoms with E-state index in [1.807, 2.05) is 0 Å². The highest BCUT2D eigenvalue weighted by Gasteiger charge is 2.26. The van der Waals surface area contributed by atoms with Crippen LogP contribution in [0.15, 0.2) is 0 Å². The average Bonchev–Trinajstić information content (AvgIpc) is 2.30. The molecule has 0 radical (unpaired) electrons. The first kappa shape index (κ1) is 8.42. The normalized spacial score (nSPS) is 9.73. The van der Waals surface area contributed by atoms with Gasteiger partial charge in [0.15, 0.2) is 11.4 Å². The maximum absolute atomic E-state index is 11.0. The molecule has 0 aliphatic carbocycles. The van der Waals surface area contributed by atoms with Gasteiger partial charge in [0.2, 0.25) is 0 Å². The Bertz CT molecular complexity index is 267. The number of esters is 1. The van der Waals surface area contributed by atoms with Crippen molar-refractivity contribution in [3.05, 3.63) is 10.0 Å². The number of aryl methyl sites for hydroxylation is 1. The Morgan fingerprint density at radius 1 is 1.82 bits per heavy atom. The summed E-state index contributed by atoms with van der Waals surface area (Å²) >= 11 is 6.71. The molecular formula is C5H6ClN2O2S+. The number of carbonyl (C=O) groups is 1. The summed E-state index contributed by atoms with van der Waals surface area (Å²) in [6.45, 7) is 0. The second-order valence-corrected chi connectivity index (χ2v) is 3.17. The van der Waals surface area contributed by atoms with Crippen molar-refractivity contribution in [1.82, 2.24) is 4.49 Å². The van der Waals surface area contributed by atoms with Crippen LogP contribution in [0.4, 0.5) is 0 Å². The van der Waals surface area contributed by atoms with Crippen LogP contribution in [0.2, 0.25) is 4.34 Å². The maximum atomic E-state index is 11.0. The van der Waals surface area contributed by atoms with Crippen LogP contribution >= 0.6 is 23.1 Å². The number of hydrogen-bond acceptors (Lipinski definition) is 4. The predicted octanol–water partition coefficient (Wildman–Crippen LogP) is 0.408. The van der Waals surface area contributed by atoms with Crippen LogP contribution in [0.25, 0.3) is 0 Å². The Morgan fingerprint density at radius 2 is 2.45 bits per heavy atom. The van der Waals surface area contributed by atoms with Gasteiger partial charge in [-0.05, 0) is 0 Å². The summed E-state index contributed by atoms with van der Waals surface area (Å²) in [6, 6.07) is 0. The summed E-state index contributed by atoms with van der Waals surface area (Å²) in [4.78, 5) is 11.0. The second-order valence-electron chi connectivity index (χ2n) is 1.81. The fraction of sp³-hybridized carbons (Fsp3) is 0.400. The van der Waals surface area contributed by atoms with Gasteiger partial charge in [-0.2, -0.15) is 0 Å². The maximum Gasteiger partial charge on any atom is 0.408 e. The highest BCUT2D eigenvalue weighted by atomic mass is 35.5. The first-order chi connectivity index (χ1) is 5.16. The number of nitrogens with zero attached hydrogens (tertiary/aromatic N) is 2. The minimum Gasteiger partial charge on any atom is -0.461 e. The van der Waals surface area contributed by atoms with Gasteiger partial charge in [0.05, 0.1) is 23.1 Å². The number of carbonyl (C=O) groups excluding carboxylic acids is 1.